The van der Waals surface area contributed by atoms with Crippen LogP contribution in [-0.2, 0) is 19.5 Å². The first kappa shape index (κ1) is 20.5. The Labute approximate surface area is 186 Å². The molecule has 2 aromatic heterocycles. The second-order valence-corrected chi connectivity index (χ2v) is 8.02. The van der Waals surface area contributed by atoms with Crippen molar-refractivity contribution >= 4 is 35.1 Å². The van der Waals surface area contributed by atoms with Gasteiger partial charge in [-0.25, -0.2) is 0 Å². The Morgan fingerprint density at radius 1 is 1.16 bits per heavy atom. The molecule has 0 radical (unpaired) electrons. The Morgan fingerprint density at radius 2 is 2.00 bits per heavy atom. The Kier molecular flexibility index (Phi) is 5.30. The Bertz CT molecular complexity index is 1300. The van der Waals surface area contributed by atoms with Crippen molar-refractivity contribution in [2.45, 2.75) is 26.4 Å². The van der Waals surface area contributed by atoms with Gasteiger partial charge < -0.3 is 26.4 Å². The molecule has 0 saturated heterocycles. The minimum absolute atomic E-state index is 0.463. The Morgan fingerprint density at radius 3 is 2.81 bits per heavy atom. The number of fused-ring (bicyclic) bond motifs is 2. The van der Waals surface area contributed by atoms with Crippen LogP contribution in [0.4, 0.5) is 11.6 Å². The zero-order valence-corrected chi connectivity index (χ0v) is 17.8. The summed E-state index contributed by atoms with van der Waals surface area (Å²) >= 11 is 0. The summed E-state index contributed by atoms with van der Waals surface area (Å²) < 4.78 is 2.06. The van der Waals surface area contributed by atoms with Gasteiger partial charge in [0.25, 0.3) is 0 Å². The molecule has 1 aliphatic heterocycles. The van der Waals surface area contributed by atoms with Gasteiger partial charge in [-0.05, 0) is 42.1 Å². The van der Waals surface area contributed by atoms with Crippen LogP contribution < -0.4 is 21.8 Å². The van der Waals surface area contributed by atoms with Gasteiger partial charge in [0.15, 0.2) is 0 Å². The highest BCUT2D eigenvalue weighted by Crippen LogP contribution is 2.31. The lowest BCUT2D eigenvalue weighted by Gasteiger charge is -2.14. The molecule has 32 heavy (non-hydrogen) atoms. The maximum Gasteiger partial charge on any atom is 0.488 e. The number of aryl methyl sites for hydroxylation is 1. The van der Waals surface area contributed by atoms with Gasteiger partial charge in [0.1, 0.15) is 11.6 Å². The lowest BCUT2D eigenvalue weighted by atomic mass is 9.80. The molecule has 0 aliphatic carbocycles. The number of aromatic nitrogens is 3. The van der Waals surface area contributed by atoms with Crippen molar-refractivity contribution in [3.63, 3.8) is 0 Å². The first-order valence-corrected chi connectivity index (χ1v) is 10.7. The van der Waals surface area contributed by atoms with Crippen molar-refractivity contribution in [1.82, 2.24) is 14.5 Å². The third-order valence-corrected chi connectivity index (χ3v) is 5.91. The van der Waals surface area contributed by atoms with Crippen molar-refractivity contribution in [3.8, 4) is 5.95 Å². The number of rotatable bonds is 6. The standard InChI is InChI=1S/C23H25BN6O2/c1-14-10-19-16(12-25)5-3-7-20(19)30(14)23-28-21-18(8-9-26-21)22(29-23)27-13-15-4-2-6-17(11-15)24(31)32/h2-7,10-11,31-32H,8-9,12-13,25H2,1H3,(H2,26,27,28,29). The number of hydrogen-bond acceptors (Lipinski definition) is 7. The molecular formula is C23H25BN6O2. The molecule has 1 aliphatic rings. The van der Waals surface area contributed by atoms with Crippen LogP contribution in [0.5, 0.6) is 0 Å². The van der Waals surface area contributed by atoms with Gasteiger partial charge >= 0.3 is 7.12 Å². The van der Waals surface area contributed by atoms with E-state index in [-0.39, 0.29) is 0 Å². The number of nitrogens with two attached hydrogens (primary N) is 1. The van der Waals surface area contributed by atoms with E-state index >= 15 is 0 Å². The minimum atomic E-state index is -1.49. The first-order valence-electron chi connectivity index (χ1n) is 10.7. The number of nitrogens with one attached hydrogen (secondary N) is 2. The maximum absolute atomic E-state index is 9.45. The van der Waals surface area contributed by atoms with E-state index in [1.165, 1.54) is 0 Å². The quantitative estimate of drug-likeness (QED) is 0.295. The fourth-order valence-corrected chi connectivity index (χ4v) is 4.32. The molecule has 0 spiro atoms. The van der Waals surface area contributed by atoms with Crippen LogP contribution >= 0.6 is 0 Å². The molecule has 0 bridgehead atoms. The van der Waals surface area contributed by atoms with E-state index < -0.39 is 7.12 Å². The fraction of sp³-hybridized carbons (Fsp3) is 0.217. The molecule has 4 aromatic rings. The lowest BCUT2D eigenvalue weighted by Crippen LogP contribution is -2.30. The van der Waals surface area contributed by atoms with Crippen molar-refractivity contribution in [1.29, 1.82) is 0 Å². The van der Waals surface area contributed by atoms with Crippen LogP contribution in [0.3, 0.4) is 0 Å². The van der Waals surface area contributed by atoms with E-state index in [0.717, 1.165) is 57.9 Å². The SMILES string of the molecule is Cc1cc2c(CN)cccc2n1-c1nc2c(c(NCc3cccc(B(O)O)c3)n1)CCN2. The van der Waals surface area contributed by atoms with Gasteiger partial charge in [-0.2, -0.15) is 9.97 Å². The van der Waals surface area contributed by atoms with E-state index in [4.69, 9.17) is 15.7 Å². The number of nitrogens with zero attached hydrogens (tertiary/aromatic N) is 3. The van der Waals surface area contributed by atoms with Gasteiger partial charge in [0.2, 0.25) is 5.95 Å². The second kappa shape index (κ2) is 8.27. The highest BCUT2D eigenvalue weighted by Gasteiger charge is 2.21. The van der Waals surface area contributed by atoms with E-state index in [2.05, 4.69) is 27.3 Å². The van der Waals surface area contributed by atoms with E-state index in [1.807, 2.05) is 31.2 Å². The molecule has 0 amide bonds. The van der Waals surface area contributed by atoms with Crippen LogP contribution in [0.15, 0.2) is 48.5 Å². The first-order chi connectivity index (χ1) is 15.5. The van der Waals surface area contributed by atoms with Crippen LogP contribution in [0.1, 0.15) is 22.4 Å². The van der Waals surface area contributed by atoms with Gasteiger partial charge in [-0.3, -0.25) is 4.57 Å². The molecule has 9 heteroatoms. The lowest BCUT2D eigenvalue weighted by molar-refractivity contribution is 0.425. The van der Waals surface area contributed by atoms with Crippen molar-refractivity contribution in [2.24, 2.45) is 5.73 Å². The van der Waals surface area contributed by atoms with Gasteiger partial charge in [0.05, 0.1) is 5.52 Å². The Balaban J connectivity index is 1.54. The highest BCUT2D eigenvalue weighted by atomic mass is 16.4. The molecule has 6 N–H and O–H groups in total. The molecule has 162 valence electrons. The second-order valence-electron chi connectivity index (χ2n) is 8.02. The van der Waals surface area contributed by atoms with Gasteiger partial charge in [-0.15, -0.1) is 0 Å². The molecule has 8 nitrogen and oxygen atoms in total. The zero-order valence-electron chi connectivity index (χ0n) is 17.8. The average molecular weight is 428 g/mol. The molecule has 3 heterocycles. The maximum atomic E-state index is 9.45. The predicted octanol–water partition coefficient (Wildman–Crippen LogP) is 1.45. The molecule has 0 unspecified atom stereocenters. The summed E-state index contributed by atoms with van der Waals surface area (Å²) in [5, 5.41) is 26.8. The van der Waals surface area contributed by atoms with E-state index in [0.29, 0.717) is 24.5 Å². The number of anilines is 2. The topological polar surface area (TPSA) is 121 Å². The molecule has 2 aromatic carbocycles. The van der Waals surface area contributed by atoms with Gasteiger partial charge in [-0.1, -0.05) is 36.4 Å². The van der Waals surface area contributed by atoms with E-state index in [1.54, 1.807) is 12.1 Å². The summed E-state index contributed by atoms with van der Waals surface area (Å²) in [6, 6.07) is 15.5. The summed E-state index contributed by atoms with van der Waals surface area (Å²) in [4.78, 5) is 9.72. The molecule has 5 rings (SSSR count). The highest BCUT2D eigenvalue weighted by molar-refractivity contribution is 6.58. The van der Waals surface area contributed by atoms with Gasteiger partial charge in [0, 0.05) is 36.3 Å². The summed E-state index contributed by atoms with van der Waals surface area (Å²) in [6.07, 6.45) is 0.843. The molecule has 0 saturated carbocycles. The third-order valence-electron chi connectivity index (χ3n) is 5.91. The van der Waals surface area contributed by atoms with Crippen LogP contribution in [-0.4, -0.2) is 38.2 Å². The molecule has 0 fully saturated rings. The zero-order chi connectivity index (χ0) is 22.2. The van der Waals surface area contributed by atoms with Crippen LogP contribution in [0, 0.1) is 6.92 Å². The summed E-state index contributed by atoms with van der Waals surface area (Å²) in [5.41, 5.74) is 11.6. The molecular weight excluding hydrogens is 403 g/mol. The molecule has 0 atom stereocenters. The smallest absolute Gasteiger partial charge is 0.423 e. The third kappa shape index (κ3) is 3.60. The van der Waals surface area contributed by atoms with E-state index in [9.17, 15) is 10.0 Å². The Hall–Kier alpha value is -3.40. The normalized spacial score (nSPS) is 12.6. The summed E-state index contributed by atoms with van der Waals surface area (Å²) in [7, 11) is -1.49. The van der Waals surface area contributed by atoms with Crippen molar-refractivity contribution in [2.75, 3.05) is 17.2 Å². The average Bonchev–Trinajstić information content (AvgIpc) is 3.40. The van der Waals surface area contributed by atoms with Crippen molar-refractivity contribution in [3.05, 3.63) is 70.9 Å². The largest absolute Gasteiger partial charge is 0.488 e. The number of benzene rings is 2. The number of hydrogen-bond donors (Lipinski definition) is 5. The minimum Gasteiger partial charge on any atom is -0.423 e. The van der Waals surface area contributed by atoms with Crippen molar-refractivity contribution < 1.29 is 10.0 Å². The van der Waals surface area contributed by atoms with Crippen LogP contribution in [0.25, 0.3) is 16.9 Å². The fourth-order valence-electron chi connectivity index (χ4n) is 4.32. The van der Waals surface area contributed by atoms with Crippen LogP contribution in [0.2, 0.25) is 0 Å². The monoisotopic (exact) mass is 428 g/mol. The summed E-state index contributed by atoms with van der Waals surface area (Å²) in [6.45, 7) is 3.84. The predicted molar refractivity (Wildman–Crippen MR) is 127 cm³/mol. The summed E-state index contributed by atoms with van der Waals surface area (Å²) in [5.74, 6) is 2.22.